The molecule has 114 valence electrons. The van der Waals surface area contributed by atoms with Crippen molar-refractivity contribution >= 4 is 27.5 Å². The van der Waals surface area contributed by atoms with Crippen molar-refractivity contribution in [1.82, 2.24) is 0 Å². The molecule has 0 radical (unpaired) electrons. The van der Waals surface area contributed by atoms with Crippen LogP contribution in [0.2, 0.25) is 0 Å². The van der Waals surface area contributed by atoms with Crippen molar-refractivity contribution in [3.63, 3.8) is 0 Å². The third kappa shape index (κ3) is 2.94. The van der Waals surface area contributed by atoms with Gasteiger partial charge in [-0.3, -0.25) is 4.79 Å². The number of carbonyl (C=O) groups excluding carboxylic acids is 1. The van der Waals surface area contributed by atoms with Crippen molar-refractivity contribution in [2.45, 2.75) is 45.3 Å². The number of nitrogens with two attached hydrogens (primary N) is 1. The molecule has 1 amide bonds. The van der Waals surface area contributed by atoms with Gasteiger partial charge in [-0.15, -0.1) is 0 Å². The van der Waals surface area contributed by atoms with E-state index in [1.54, 1.807) is 0 Å². The first kappa shape index (κ1) is 14.9. The Morgan fingerprint density at radius 1 is 1.24 bits per heavy atom. The first-order valence-corrected chi connectivity index (χ1v) is 8.30. The number of ether oxygens (including phenoxy) is 1. The van der Waals surface area contributed by atoms with Gasteiger partial charge in [0.2, 0.25) is 5.91 Å². The summed E-state index contributed by atoms with van der Waals surface area (Å²) in [6.07, 6.45) is 3.68. The fourth-order valence-corrected chi connectivity index (χ4v) is 3.98. The van der Waals surface area contributed by atoms with Crippen LogP contribution in [-0.2, 0) is 4.79 Å². The Labute approximate surface area is 133 Å². The number of hydrogen-bond acceptors (Lipinski definition) is 3. The number of carbonyl (C=O) groups is 1. The zero-order valence-corrected chi connectivity index (χ0v) is 13.9. The summed E-state index contributed by atoms with van der Waals surface area (Å²) in [6.45, 7) is 4.56. The minimum atomic E-state index is -0.583. The van der Waals surface area contributed by atoms with E-state index in [0.717, 1.165) is 34.3 Å². The maximum atomic E-state index is 11.6. The molecule has 0 saturated heterocycles. The van der Waals surface area contributed by atoms with Crippen LogP contribution in [0.25, 0.3) is 0 Å². The van der Waals surface area contributed by atoms with Crippen LogP contribution in [0, 0.1) is 11.8 Å². The van der Waals surface area contributed by atoms with E-state index in [9.17, 15) is 4.79 Å². The number of halogens is 1. The van der Waals surface area contributed by atoms with E-state index < -0.39 is 6.04 Å². The molecule has 1 aliphatic carbocycles. The van der Waals surface area contributed by atoms with Gasteiger partial charge < -0.3 is 15.8 Å². The van der Waals surface area contributed by atoms with Crippen LogP contribution in [-0.4, -0.2) is 12.0 Å². The van der Waals surface area contributed by atoms with E-state index in [-0.39, 0.29) is 12.0 Å². The molecule has 3 unspecified atom stereocenters. The van der Waals surface area contributed by atoms with E-state index >= 15 is 0 Å². The van der Waals surface area contributed by atoms with Crippen LogP contribution >= 0.6 is 15.9 Å². The van der Waals surface area contributed by atoms with E-state index in [1.165, 1.54) is 6.42 Å². The third-order valence-corrected chi connectivity index (χ3v) is 5.03. The van der Waals surface area contributed by atoms with Crippen LogP contribution in [0.5, 0.6) is 5.75 Å². The van der Waals surface area contributed by atoms with Crippen molar-refractivity contribution in [2.24, 2.45) is 17.6 Å². The van der Waals surface area contributed by atoms with Gasteiger partial charge in [0.05, 0.1) is 10.6 Å². The van der Waals surface area contributed by atoms with Gasteiger partial charge >= 0.3 is 0 Å². The maximum Gasteiger partial charge on any atom is 0.245 e. The number of amides is 1. The van der Waals surface area contributed by atoms with Crippen LogP contribution in [0.1, 0.15) is 44.7 Å². The summed E-state index contributed by atoms with van der Waals surface area (Å²) in [5.74, 6) is 2.02. The van der Waals surface area contributed by atoms with Crippen LogP contribution < -0.4 is 15.8 Å². The second-order valence-corrected chi connectivity index (χ2v) is 7.35. The Balaban J connectivity index is 1.81. The van der Waals surface area contributed by atoms with E-state index in [1.807, 2.05) is 12.1 Å². The molecule has 21 heavy (non-hydrogen) atoms. The third-order valence-electron chi connectivity index (χ3n) is 4.41. The van der Waals surface area contributed by atoms with Crippen molar-refractivity contribution in [2.75, 3.05) is 5.32 Å². The number of anilines is 1. The SMILES string of the molecule is CC1CC(C)CC(Oc2cc3c(cc2Br)C(N)C(=O)N3)C1. The Kier molecular flexibility index (Phi) is 3.97. The number of fused-ring (bicyclic) bond motifs is 1. The molecule has 3 rings (SSSR count). The zero-order chi connectivity index (χ0) is 15.1. The normalized spacial score (nSPS) is 31.7. The Morgan fingerprint density at radius 3 is 2.57 bits per heavy atom. The smallest absolute Gasteiger partial charge is 0.245 e. The second kappa shape index (κ2) is 5.61. The first-order chi connectivity index (χ1) is 9.94. The molecular formula is C16H21BrN2O2. The molecule has 4 nitrogen and oxygen atoms in total. The summed E-state index contributed by atoms with van der Waals surface area (Å²) >= 11 is 3.53. The predicted octanol–water partition coefficient (Wildman–Crippen LogP) is 3.60. The fourth-order valence-electron chi connectivity index (χ4n) is 3.53. The molecule has 2 aliphatic rings. The van der Waals surface area contributed by atoms with Gasteiger partial charge in [-0.1, -0.05) is 13.8 Å². The van der Waals surface area contributed by atoms with E-state index in [0.29, 0.717) is 11.8 Å². The van der Waals surface area contributed by atoms with Crippen molar-refractivity contribution in [1.29, 1.82) is 0 Å². The molecule has 0 spiro atoms. The predicted molar refractivity (Wildman–Crippen MR) is 86.3 cm³/mol. The summed E-state index contributed by atoms with van der Waals surface area (Å²) in [5.41, 5.74) is 7.45. The molecule has 1 aromatic carbocycles. The highest BCUT2D eigenvalue weighted by atomic mass is 79.9. The van der Waals surface area contributed by atoms with Gasteiger partial charge in [-0.25, -0.2) is 0 Å². The van der Waals surface area contributed by atoms with Crippen LogP contribution in [0.15, 0.2) is 16.6 Å². The lowest BCUT2D eigenvalue weighted by Gasteiger charge is -2.32. The fraction of sp³-hybridized carbons (Fsp3) is 0.562. The molecule has 5 heteroatoms. The van der Waals surface area contributed by atoms with Gasteiger partial charge in [0.1, 0.15) is 11.8 Å². The van der Waals surface area contributed by atoms with Crippen molar-refractivity contribution < 1.29 is 9.53 Å². The van der Waals surface area contributed by atoms with Gasteiger partial charge in [0, 0.05) is 17.3 Å². The summed E-state index contributed by atoms with van der Waals surface area (Å²) in [6, 6.07) is 3.19. The number of hydrogen-bond donors (Lipinski definition) is 2. The lowest BCUT2D eigenvalue weighted by atomic mass is 9.82. The Bertz CT molecular complexity index is 566. The second-order valence-electron chi connectivity index (χ2n) is 6.49. The van der Waals surface area contributed by atoms with Crippen molar-refractivity contribution in [3.05, 3.63) is 22.2 Å². The summed E-state index contributed by atoms with van der Waals surface area (Å²) in [7, 11) is 0. The summed E-state index contributed by atoms with van der Waals surface area (Å²) < 4.78 is 7.04. The molecule has 1 heterocycles. The molecule has 3 atom stereocenters. The lowest BCUT2D eigenvalue weighted by Crippen LogP contribution is -2.28. The maximum absolute atomic E-state index is 11.6. The largest absolute Gasteiger partial charge is 0.489 e. The van der Waals surface area contributed by atoms with Gasteiger partial charge in [0.25, 0.3) is 0 Å². The van der Waals surface area contributed by atoms with E-state index in [4.69, 9.17) is 10.5 Å². The number of benzene rings is 1. The minimum absolute atomic E-state index is 0.158. The highest BCUT2D eigenvalue weighted by molar-refractivity contribution is 9.10. The van der Waals surface area contributed by atoms with Crippen molar-refractivity contribution in [3.8, 4) is 5.75 Å². The molecular weight excluding hydrogens is 332 g/mol. The number of rotatable bonds is 2. The average Bonchev–Trinajstić information content (AvgIpc) is 2.65. The van der Waals surface area contributed by atoms with Gasteiger partial charge in [-0.2, -0.15) is 0 Å². The molecule has 1 aliphatic heterocycles. The van der Waals surface area contributed by atoms with Gasteiger partial charge in [0.15, 0.2) is 0 Å². The summed E-state index contributed by atoms with van der Waals surface area (Å²) in [5, 5.41) is 2.80. The zero-order valence-electron chi connectivity index (χ0n) is 12.4. The average molecular weight is 353 g/mol. The molecule has 1 fully saturated rings. The monoisotopic (exact) mass is 352 g/mol. The lowest BCUT2D eigenvalue weighted by molar-refractivity contribution is -0.116. The highest BCUT2D eigenvalue weighted by Gasteiger charge is 2.30. The molecule has 1 aromatic rings. The highest BCUT2D eigenvalue weighted by Crippen LogP contribution is 2.40. The standard InChI is InChI=1S/C16H21BrN2O2/c1-8-3-9(2)5-10(4-8)21-14-7-13-11(6-12(14)17)15(18)16(20)19-13/h6-10,15H,3-5,18H2,1-2H3,(H,19,20). The quantitative estimate of drug-likeness (QED) is 0.854. The van der Waals surface area contributed by atoms with Crippen LogP contribution in [0.4, 0.5) is 5.69 Å². The van der Waals surface area contributed by atoms with E-state index in [2.05, 4.69) is 35.1 Å². The molecule has 1 saturated carbocycles. The molecule has 0 bridgehead atoms. The Hall–Kier alpha value is -1.07. The molecule has 0 aromatic heterocycles. The first-order valence-electron chi connectivity index (χ1n) is 7.50. The summed E-state index contributed by atoms with van der Waals surface area (Å²) in [4.78, 5) is 11.6. The topological polar surface area (TPSA) is 64.3 Å². The van der Waals surface area contributed by atoms with Crippen LogP contribution in [0.3, 0.4) is 0 Å². The Morgan fingerprint density at radius 2 is 1.90 bits per heavy atom. The van der Waals surface area contributed by atoms with Gasteiger partial charge in [-0.05, 0) is 53.1 Å². The molecule has 3 N–H and O–H groups in total. The number of nitrogens with one attached hydrogen (secondary N) is 1. The minimum Gasteiger partial charge on any atom is -0.489 e.